The van der Waals surface area contributed by atoms with Crippen molar-refractivity contribution in [2.24, 2.45) is 0 Å². The number of phenolic OH excluding ortho intramolecular Hbond substituents is 1. The highest BCUT2D eigenvalue weighted by atomic mass is 79.9. The molecule has 3 nitrogen and oxygen atoms in total. The zero-order valence-corrected chi connectivity index (χ0v) is 12.9. The van der Waals surface area contributed by atoms with E-state index in [1.807, 2.05) is 25.1 Å². The molecule has 1 heterocycles. The van der Waals surface area contributed by atoms with E-state index in [9.17, 15) is 5.11 Å². The first-order valence-corrected chi connectivity index (χ1v) is 6.98. The second-order valence-corrected chi connectivity index (χ2v) is 5.78. The van der Waals surface area contributed by atoms with Gasteiger partial charge in [0, 0.05) is 27.3 Å². The fourth-order valence-electron chi connectivity index (χ4n) is 1.60. The van der Waals surface area contributed by atoms with E-state index in [1.54, 1.807) is 12.3 Å². The van der Waals surface area contributed by atoms with Crippen LogP contribution < -0.4 is 5.32 Å². The molecule has 2 aromatic rings. The van der Waals surface area contributed by atoms with E-state index in [0.29, 0.717) is 6.54 Å². The summed E-state index contributed by atoms with van der Waals surface area (Å²) < 4.78 is 1.90. The highest BCUT2D eigenvalue weighted by Crippen LogP contribution is 2.23. The number of aromatic nitrogens is 1. The molecule has 0 bridgehead atoms. The number of hydrogen-bond acceptors (Lipinski definition) is 3. The Morgan fingerprint density at radius 2 is 2.00 bits per heavy atom. The van der Waals surface area contributed by atoms with E-state index in [1.165, 1.54) is 0 Å². The zero-order chi connectivity index (χ0) is 13.1. The lowest BCUT2D eigenvalue weighted by Crippen LogP contribution is -2.03. The van der Waals surface area contributed by atoms with Crippen LogP contribution >= 0.6 is 31.9 Å². The summed E-state index contributed by atoms with van der Waals surface area (Å²) in [6, 6.07) is 7.36. The molecule has 0 atom stereocenters. The molecule has 0 aliphatic carbocycles. The van der Waals surface area contributed by atoms with Gasteiger partial charge in [-0.15, -0.1) is 0 Å². The first-order valence-electron chi connectivity index (χ1n) is 5.39. The molecule has 18 heavy (non-hydrogen) atoms. The van der Waals surface area contributed by atoms with E-state index in [0.717, 1.165) is 25.9 Å². The molecule has 0 saturated heterocycles. The fourth-order valence-corrected chi connectivity index (χ4v) is 2.45. The molecule has 0 fully saturated rings. The molecule has 2 N–H and O–H groups in total. The molecule has 2 rings (SSSR count). The molecule has 1 aromatic heterocycles. The molecular weight excluding hydrogens is 360 g/mol. The van der Waals surface area contributed by atoms with Gasteiger partial charge in [0.25, 0.3) is 0 Å². The van der Waals surface area contributed by atoms with Gasteiger partial charge in [0.2, 0.25) is 0 Å². The third kappa shape index (κ3) is 3.23. The second-order valence-electron chi connectivity index (χ2n) is 3.95. The summed E-state index contributed by atoms with van der Waals surface area (Å²) in [6.45, 7) is 2.52. The highest BCUT2D eigenvalue weighted by molar-refractivity contribution is 9.10. The summed E-state index contributed by atoms with van der Waals surface area (Å²) in [4.78, 5) is 4.29. The number of aromatic hydroxyl groups is 1. The Kier molecular flexibility index (Phi) is 4.24. The minimum Gasteiger partial charge on any atom is -0.508 e. The Bertz CT molecular complexity index is 573. The molecule has 1 aromatic carbocycles. The molecule has 0 radical (unpaired) electrons. The predicted octanol–water partition coefficient (Wildman–Crippen LogP) is 4.23. The second kappa shape index (κ2) is 5.71. The normalized spacial score (nSPS) is 10.4. The fraction of sp³-hybridized carbons (Fsp3) is 0.154. The first kappa shape index (κ1) is 13.4. The Morgan fingerprint density at radius 3 is 2.72 bits per heavy atom. The van der Waals surface area contributed by atoms with Gasteiger partial charge in [0.05, 0.1) is 0 Å². The van der Waals surface area contributed by atoms with Crippen molar-refractivity contribution in [3.8, 4) is 5.75 Å². The number of benzene rings is 1. The minimum atomic E-state index is 0.278. The van der Waals surface area contributed by atoms with Gasteiger partial charge in [-0.05, 0) is 52.7 Å². The summed E-state index contributed by atoms with van der Waals surface area (Å²) in [5.74, 6) is 1.10. The van der Waals surface area contributed by atoms with Crippen molar-refractivity contribution in [1.82, 2.24) is 4.98 Å². The number of anilines is 1. The number of rotatable bonds is 3. The third-order valence-corrected chi connectivity index (χ3v) is 3.46. The Hall–Kier alpha value is -1.07. The SMILES string of the molecule is Cc1cc(Br)cnc1NCc1cc(Br)ccc1O. The number of hydrogen-bond donors (Lipinski definition) is 2. The van der Waals surface area contributed by atoms with E-state index in [-0.39, 0.29) is 5.75 Å². The third-order valence-electron chi connectivity index (χ3n) is 2.53. The van der Waals surface area contributed by atoms with Crippen LogP contribution in [0, 0.1) is 6.92 Å². The molecule has 0 aliphatic heterocycles. The van der Waals surface area contributed by atoms with Crippen LogP contribution in [0.2, 0.25) is 0 Å². The van der Waals surface area contributed by atoms with Gasteiger partial charge in [-0.1, -0.05) is 15.9 Å². The molecular formula is C13H12Br2N2O. The summed E-state index contributed by atoms with van der Waals surface area (Å²) in [5.41, 5.74) is 1.88. The number of nitrogens with zero attached hydrogens (tertiary/aromatic N) is 1. The number of pyridine rings is 1. The largest absolute Gasteiger partial charge is 0.508 e. The molecule has 5 heteroatoms. The van der Waals surface area contributed by atoms with Gasteiger partial charge in [0.15, 0.2) is 0 Å². The van der Waals surface area contributed by atoms with Crippen molar-refractivity contribution in [2.45, 2.75) is 13.5 Å². The lowest BCUT2D eigenvalue weighted by molar-refractivity contribution is 0.469. The summed E-state index contributed by atoms with van der Waals surface area (Å²) in [6.07, 6.45) is 1.75. The van der Waals surface area contributed by atoms with Crippen LogP contribution in [0.25, 0.3) is 0 Å². The maximum absolute atomic E-state index is 9.74. The van der Waals surface area contributed by atoms with Crippen LogP contribution in [0.3, 0.4) is 0 Å². The summed E-state index contributed by atoms with van der Waals surface area (Å²) >= 11 is 6.76. The Morgan fingerprint density at radius 1 is 1.22 bits per heavy atom. The number of halogens is 2. The average molecular weight is 372 g/mol. The maximum atomic E-state index is 9.74. The highest BCUT2D eigenvalue weighted by Gasteiger charge is 2.04. The van der Waals surface area contributed by atoms with Crippen molar-refractivity contribution in [3.63, 3.8) is 0 Å². The quantitative estimate of drug-likeness (QED) is 0.848. The first-order chi connectivity index (χ1) is 8.56. The van der Waals surface area contributed by atoms with Crippen LogP contribution in [-0.2, 0) is 6.54 Å². The maximum Gasteiger partial charge on any atom is 0.129 e. The summed E-state index contributed by atoms with van der Waals surface area (Å²) in [5, 5.41) is 12.9. The van der Waals surface area contributed by atoms with E-state index < -0.39 is 0 Å². The summed E-state index contributed by atoms with van der Waals surface area (Å²) in [7, 11) is 0. The van der Waals surface area contributed by atoms with Gasteiger partial charge >= 0.3 is 0 Å². The Balaban J connectivity index is 2.13. The number of aryl methyl sites for hydroxylation is 1. The monoisotopic (exact) mass is 370 g/mol. The van der Waals surface area contributed by atoms with Crippen molar-refractivity contribution < 1.29 is 5.11 Å². The predicted molar refractivity (Wildman–Crippen MR) is 79.8 cm³/mol. The topological polar surface area (TPSA) is 45.2 Å². The van der Waals surface area contributed by atoms with E-state index >= 15 is 0 Å². The van der Waals surface area contributed by atoms with E-state index in [2.05, 4.69) is 42.2 Å². The van der Waals surface area contributed by atoms with Crippen molar-refractivity contribution >= 4 is 37.7 Å². The minimum absolute atomic E-state index is 0.278. The molecule has 0 spiro atoms. The van der Waals surface area contributed by atoms with Crippen LogP contribution in [0.15, 0.2) is 39.4 Å². The van der Waals surface area contributed by atoms with Gasteiger partial charge in [-0.25, -0.2) is 4.98 Å². The van der Waals surface area contributed by atoms with Crippen LogP contribution in [0.1, 0.15) is 11.1 Å². The van der Waals surface area contributed by atoms with Crippen LogP contribution in [0.4, 0.5) is 5.82 Å². The molecule has 0 amide bonds. The number of phenols is 1. The average Bonchev–Trinajstić information content (AvgIpc) is 2.32. The van der Waals surface area contributed by atoms with Crippen molar-refractivity contribution in [3.05, 3.63) is 50.5 Å². The Labute approximate surface area is 123 Å². The molecule has 0 aliphatic rings. The lowest BCUT2D eigenvalue weighted by Gasteiger charge is -2.10. The van der Waals surface area contributed by atoms with Crippen LogP contribution in [-0.4, -0.2) is 10.1 Å². The van der Waals surface area contributed by atoms with Crippen molar-refractivity contribution in [2.75, 3.05) is 5.32 Å². The smallest absolute Gasteiger partial charge is 0.129 e. The van der Waals surface area contributed by atoms with Gasteiger partial charge in [-0.3, -0.25) is 0 Å². The van der Waals surface area contributed by atoms with Crippen molar-refractivity contribution in [1.29, 1.82) is 0 Å². The van der Waals surface area contributed by atoms with E-state index in [4.69, 9.17) is 0 Å². The standard InChI is InChI=1S/C13H12Br2N2O/c1-8-4-11(15)7-17-13(8)16-6-9-5-10(14)2-3-12(9)18/h2-5,7,18H,6H2,1H3,(H,16,17). The number of nitrogens with one attached hydrogen (secondary N) is 1. The molecule has 0 unspecified atom stereocenters. The molecule has 0 saturated carbocycles. The van der Waals surface area contributed by atoms with Gasteiger partial charge in [0.1, 0.15) is 11.6 Å². The van der Waals surface area contributed by atoms with Gasteiger partial charge in [-0.2, -0.15) is 0 Å². The van der Waals surface area contributed by atoms with Gasteiger partial charge < -0.3 is 10.4 Å². The lowest BCUT2D eigenvalue weighted by atomic mass is 10.2. The van der Waals surface area contributed by atoms with Crippen LogP contribution in [0.5, 0.6) is 5.75 Å². The zero-order valence-electron chi connectivity index (χ0n) is 9.74. The molecule has 94 valence electrons.